The number of hydrogen-bond acceptors (Lipinski definition) is 5. The van der Waals surface area contributed by atoms with Crippen molar-refractivity contribution in [3.05, 3.63) is 29.6 Å². The van der Waals surface area contributed by atoms with Crippen LogP contribution in [0.1, 0.15) is 16.2 Å². The molecule has 6 nitrogen and oxygen atoms in total. The van der Waals surface area contributed by atoms with Crippen LogP contribution < -0.4 is 5.84 Å². The number of ether oxygens (including phenoxy) is 1. The lowest BCUT2D eigenvalue weighted by molar-refractivity contribution is 0.0593. The molecule has 0 amide bonds. The molecule has 0 aliphatic carbocycles. The lowest BCUT2D eigenvalue weighted by Crippen LogP contribution is -2.05. The summed E-state index contributed by atoms with van der Waals surface area (Å²) < 4.78 is 4.52. The second kappa shape index (κ2) is 4.90. The fourth-order valence-corrected chi connectivity index (χ4v) is 0.899. The number of aromatic nitrogens is 1. The van der Waals surface area contributed by atoms with Crippen LogP contribution in [0.15, 0.2) is 28.5 Å². The second-order valence-corrected chi connectivity index (χ2v) is 2.42. The van der Waals surface area contributed by atoms with E-state index in [1.807, 2.05) is 0 Å². The molecule has 6 heteroatoms. The van der Waals surface area contributed by atoms with Gasteiger partial charge in [-0.3, -0.25) is 0 Å². The van der Waals surface area contributed by atoms with Crippen LogP contribution in [0, 0.1) is 0 Å². The Kier molecular flexibility index (Phi) is 3.54. The molecule has 14 heavy (non-hydrogen) atoms. The van der Waals surface area contributed by atoms with Gasteiger partial charge in [-0.05, 0) is 12.1 Å². The van der Waals surface area contributed by atoms with Gasteiger partial charge in [-0.2, -0.15) is 5.11 Å². The van der Waals surface area contributed by atoms with Crippen molar-refractivity contribution in [2.24, 2.45) is 16.2 Å². The van der Waals surface area contributed by atoms with Crippen molar-refractivity contribution in [3.63, 3.8) is 0 Å². The van der Waals surface area contributed by atoms with Crippen LogP contribution in [0.5, 0.6) is 0 Å². The summed E-state index contributed by atoms with van der Waals surface area (Å²) in [6.07, 6.45) is 0. The fraction of sp³-hybridized carbons (Fsp3) is 0.250. The normalized spacial score (nSPS) is 10.4. The fourth-order valence-electron chi connectivity index (χ4n) is 0.899. The smallest absolute Gasteiger partial charge is 0.356 e. The summed E-state index contributed by atoms with van der Waals surface area (Å²) in [6.45, 7) is 0.251. The maximum Gasteiger partial charge on any atom is 0.356 e. The highest BCUT2D eigenvalue weighted by atomic mass is 16.5. The quantitative estimate of drug-likeness (QED) is 0.332. The van der Waals surface area contributed by atoms with Crippen LogP contribution in [0.3, 0.4) is 0 Å². The SMILES string of the molecule is COC(=O)c1cccc(CN=NN)n1. The van der Waals surface area contributed by atoms with Crippen molar-refractivity contribution in [3.8, 4) is 0 Å². The summed E-state index contributed by atoms with van der Waals surface area (Å²) in [4.78, 5) is 15.1. The number of pyridine rings is 1. The number of carbonyl (C=O) groups is 1. The largest absolute Gasteiger partial charge is 0.464 e. The highest BCUT2D eigenvalue weighted by Gasteiger charge is 2.06. The van der Waals surface area contributed by atoms with Crippen molar-refractivity contribution in [1.29, 1.82) is 0 Å². The van der Waals surface area contributed by atoms with Crippen LogP contribution in [-0.4, -0.2) is 18.1 Å². The van der Waals surface area contributed by atoms with Gasteiger partial charge in [-0.1, -0.05) is 11.3 Å². The molecule has 0 saturated carbocycles. The third-order valence-corrected chi connectivity index (χ3v) is 1.52. The van der Waals surface area contributed by atoms with Gasteiger partial charge in [0.2, 0.25) is 0 Å². The zero-order valence-corrected chi connectivity index (χ0v) is 7.67. The lowest BCUT2D eigenvalue weighted by atomic mass is 10.3. The third-order valence-electron chi connectivity index (χ3n) is 1.52. The number of methoxy groups -OCH3 is 1. The predicted octanol–water partition coefficient (Wildman–Crippen LogP) is 0.694. The Bertz CT molecular complexity index is 351. The molecule has 1 rings (SSSR count). The maximum atomic E-state index is 11.1. The van der Waals surface area contributed by atoms with Crippen LogP contribution >= 0.6 is 0 Å². The van der Waals surface area contributed by atoms with Crippen molar-refractivity contribution in [1.82, 2.24) is 4.98 Å². The minimum atomic E-state index is -0.475. The van der Waals surface area contributed by atoms with Crippen LogP contribution in [-0.2, 0) is 11.3 Å². The molecule has 0 fully saturated rings. The van der Waals surface area contributed by atoms with E-state index in [1.165, 1.54) is 7.11 Å². The number of hydrogen-bond donors (Lipinski definition) is 1. The molecule has 0 saturated heterocycles. The van der Waals surface area contributed by atoms with Gasteiger partial charge in [0, 0.05) is 0 Å². The molecule has 1 heterocycles. The minimum absolute atomic E-state index is 0.247. The van der Waals surface area contributed by atoms with Gasteiger partial charge in [0.15, 0.2) is 0 Å². The molecular weight excluding hydrogens is 184 g/mol. The monoisotopic (exact) mass is 194 g/mol. The number of nitrogens with two attached hydrogens (primary N) is 1. The number of nitrogens with zero attached hydrogens (tertiary/aromatic N) is 3. The highest BCUT2D eigenvalue weighted by molar-refractivity contribution is 5.87. The number of rotatable bonds is 3. The summed E-state index contributed by atoms with van der Waals surface area (Å²) in [5.74, 6) is 4.36. The van der Waals surface area contributed by atoms with Gasteiger partial charge in [0.25, 0.3) is 0 Å². The first kappa shape index (κ1) is 10.1. The van der Waals surface area contributed by atoms with Gasteiger partial charge in [0.1, 0.15) is 12.2 Å². The van der Waals surface area contributed by atoms with E-state index in [1.54, 1.807) is 18.2 Å². The summed E-state index contributed by atoms with van der Waals surface area (Å²) in [5, 5.41) is 6.65. The van der Waals surface area contributed by atoms with Gasteiger partial charge in [-0.15, -0.1) is 0 Å². The Morgan fingerprint density at radius 1 is 1.64 bits per heavy atom. The van der Waals surface area contributed by atoms with Crippen molar-refractivity contribution < 1.29 is 9.53 Å². The summed E-state index contributed by atoms with van der Waals surface area (Å²) in [7, 11) is 1.30. The molecule has 0 spiro atoms. The van der Waals surface area contributed by atoms with E-state index < -0.39 is 5.97 Å². The van der Waals surface area contributed by atoms with Gasteiger partial charge < -0.3 is 10.6 Å². The summed E-state index contributed by atoms with van der Waals surface area (Å²) in [5.41, 5.74) is 0.860. The Morgan fingerprint density at radius 3 is 3.07 bits per heavy atom. The molecule has 0 atom stereocenters. The van der Waals surface area contributed by atoms with E-state index in [-0.39, 0.29) is 12.2 Å². The van der Waals surface area contributed by atoms with Crippen LogP contribution in [0.2, 0.25) is 0 Å². The topological polar surface area (TPSA) is 89.9 Å². The van der Waals surface area contributed by atoms with Gasteiger partial charge in [-0.25, -0.2) is 9.78 Å². The van der Waals surface area contributed by atoms with E-state index in [4.69, 9.17) is 5.84 Å². The van der Waals surface area contributed by atoms with Crippen LogP contribution in [0.25, 0.3) is 0 Å². The van der Waals surface area contributed by atoms with Gasteiger partial charge >= 0.3 is 5.97 Å². The minimum Gasteiger partial charge on any atom is -0.464 e. The molecule has 2 N–H and O–H groups in total. The average Bonchev–Trinajstić information content (AvgIpc) is 2.25. The Morgan fingerprint density at radius 2 is 2.43 bits per heavy atom. The van der Waals surface area contributed by atoms with E-state index in [0.29, 0.717) is 5.69 Å². The first-order valence-electron chi connectivity index (χ1n) is 3.89. The molecule has 1 aromatic heterocycles. The third kappa shape index (κ3) is 2.51. The van der Waals surface area contributed by atoms with E-state index in [0.717, 1.165) is 0 Å². The molecule has 0 unspecified atom stereocenters. The zero-order valence-electron chi connectivity index (χ0n) is 7.67. The second-order valence-electron chi connectivity index (χ2n) is 2.42. The first-order chi connectivity index (χ1) is 6.77. The molecule has 0 bridgehead atoms. The summed E-state index contributed by atoms with van der Waals surface area (Å²) >= 11 is 0. The molecule has 1 aromatic rings. The Hall–Kier alpha value is -1.98. The standard InChI is InChI=1S/C8H10N4O2/c1-14-8(13)7-4-2-3-6(11-7)5-10-12-9/h2-4H,5H2,1H3,(H2,9,10). The Labute approximate surface area is 80.8 Å². The molecule has 0 radical (unpaired) electrons. The van der Waals surface area contributed by atoms with Crippen molar-refractivity contribution in [2.45, 2.75) is 6.54 Å². The molecule has 0 aliphatic heterocycles. The van der Waals surface area contributed by atoms with Crippen molar-refractivity contribution in [2.75, 3.05) is 7.11 Å². The van der Waals surface area contributed by atoms with Crippen LogP contribution in [0.4, 0.5) is 0 Å². The average molecular weight is 194 g/mol. The molecule has 74 valence electrons. The molecular formula is C8H10N4O2. The predicted molar refractivity (Wildman–Crippen MR) is 48.3 cm³/mol. The molecule has 0 aromatic carbocycles. The highest BCUT2D eigenvalue weighted by Crippen LogP contribution is 2.02. The lowest BCUT2D eigenvalue weighted by Gasteiger charge is -1.99. The Balaban J connectivity index is 2.83. The maximum absolute atomic E-state index is 11.1. The zero-order chi connectivity index (χ0) is 10.4. The summed E-state index contributed by atoms with van der Waals surface area (Å²) in [6, 6.07) is 4.98. The van der Waals surface area contributed by atoms with E-state index in [9.17, 15) is 4.79 Å². The van der Waals surface area contributed by atoms with Gasteiger partial charge in [0.05, 0.1) is 12.8 Å². The number of carbonyl (C=O) groups excluding carboxylic acids is 1. The van der Waals surface area contributed by atoms with Crippen molar-refractivity contribution >= 4 is 5.97 Å². The molecule has 0 aliphatic rings. The van der Waals surface area contributed by atoms with E-state index in [2.05, 4.69) is 20.1 Å². The van der Waals surface area contributed by atoms with E-state index >= 15 is 0 Å². The number of esters is 1. The first-order valence-corrected chi connectivity index (χ1v) is 3.89.